The molecule has 1 aliphatic heterocycles. The number of hydrogen-bond acceptors (Lipinski definition) is 4. The molecule has 1 amide bonds. The van der Waals surface area contributed by atoms with E-state index < -0.39 is 0 Å². The second kappa shape index (κ2) is 7.80. The van der Waals surface area contributed by atoms with Crippen LogP contribution in [0.25, 0.3) is 16.6 Å². The largest absolute Gasteiger partial charge is 0.355 e. The lowest BCUT2D eigenvalue weighted by molar-refractivity contribution is -0.120. The predicted octanol–water partition coefficient (Wildman–Crippen LogP) is 3.76. The zero-order valence-electron chi connectivity index (χ0n) is 16.1. The number of hydrogen-bond donors (Lipinski definition) is 1. The first-order valence-electron chi connectivity index (χ1n) is 9.58. The molecule has 144 valence electrons. The number of rotatable bonds is 3. The van der Waals surface area contributed by atoms with Crippen molar-refractivity contribution in [2.45, 2.75) is 43.5 Å². The number of amides is 1. The summed E-state index contributed by atoms with van der Waals surface area (Å²) in [5.41, 5.74) is 3.45. The van der Waals surface area contributed by atoms with E-state index in [0.717, 1.165) is 36.1 Å². The van der Waals surface area contributed by atoms with Crippen LogP contribution in [0.1, 0.15) is 30.4 Å². The van der Waals surface area contributed by atoms with Crippen molar-refractivity contribution in [2.75, 3.05) is 6.54 Å². The van der Waals surface area contributed by atoms with Gasteiger partial charge in [0.2, 0.25) is 5.91 Å². The zero-order chi connectivity index (χ0) is 19.7. The molecule has 0 aliphatic carbocycles. The number of aromatic nitrogens is 2. The summed E-state index contributed by atoms with van der Waals surface area (Å²) in [5.74, 6) is 0.0254. The number of benzene rings is 2. The van der Waals surface area contributed by atoms with Crippen molar-refractivity contribution in [2.24, 2.45) is 0 Å². The van der Waals surface area contributed by atoms with Crippen LogP contribution in [-0.4, -0.2) is 27.3 Å². The van der Waals surface area contributed by atoms with E-state index in [1.807, 2.05) is 50.2 Å². The van der Waals surface area contributed by atoms with Crippen LogP contribution in [0, 0.1) is 13.8 Å². The molecule has 1 atom stereocenters. The second-order valence-electron chi connectivity index (χ2n) is 7.24. The van der Waals surface area contributed by atoms with E-state index in [1.54, 1.807) is 10.6 Å². The van der Waals surface area contributed by atoms with Gasteiger partial charge in [-0.1, -0.05) is 42.4 Å². The molecule has 0 radical (unpaired) electrons. The quantitative estimate of drug-likeness (QED) is 0.688. The van der Waals surface area contributed by atoms with E-state index in [4.69, 9.17) is 4.98 Å². The van der Waals surface area contributed by atoms with Crippen LogP contribution >= 0.6 is 11.8 Å². The lowest BCUT2D eigenvalue weighted by Crippen LogP contribution is -2.32. The summed E-state index contributed by atoms with van der Waals surface area (Å²) in [7, 11) is 0. The molecule has 0 spiro atoms. The van der Waals surface area contributed by atoms with Crippen LogP contribution in [0.15, 0.2) is 52.4 Å². The number of carbonyl (C=O) groups is 1. The molecule has 1 N–H and O–H groups in total. The van der Waals surface area contributed by atoms with Gasteiger partial charge in [0.15, 0.2) is 5.16 Å². The minimum Gasteiger partial charge on any atom is -0.355 e. The Morgan fingerprint density at radius 2 is 1.93 bits per heavy atom. The smallest absolute Gasteiger partial charge is 0.266 e. The van der Waals surface area contributed by atoms with Gasteiger partial charge in [0.1, 0.15) is 0 Å². The molecule has 3 aromatic rings. The van der Waals surface area contributed by atoms with E-state index in [2.05, 4.69) is 5.32 Å². The first-order chi connectivity index (χ1) is 13.5. The van der Waals surface area contributed by atoms with E-state index in [1.165, 1.54) is 11.8 Å². The van der Waals surface area contributed by atoms with Crippen molar-refractivity contribution in [1.29, 1.82) is 0 Å². The first kappa shape index (κ1) is 18.7. The van der Waals surface area contributed by atoms with Crippen LogP contribution in [0.5, 0.6) is 0 Å². The molecule has 5 nitrogen and oxygen atoms in total. The van der Waals surface area contributed by atoms with E-state index in [0.29, 0.717) is 22.6 Å². The maximum absolute atomic E-state index is 13.4. The van der Waals surface area contributed by atoms with Gasteiger partial charge in [-0.25, -0.2) is 4.98 Å². The van der Waals surface area contributed by atoms with Gasteiger partial charge >= 0.3 is 0 Å². The molecular formula is C22H23N3O2S. The maximum Gasteiger partial charge on any atom is 0.266 e. The highest BCUT2D eigenvalue weighted by molar-refractivity contribution is 8.00. The van der Waals surface area contributed by atoms with Gasteiger partial charge in [-0.2, -0.15) is 0 Å². The molecule has 1 fully saturated rings. The Morgan fingerprint density at radius 3 is 2.79 bits per heavy atom. The molecule has 1 aromatic heterocycles. The van der Waals surface area contributed by atoms with Crippen molar-refractivity contribution >= 4 is 28.6 Å². The Kier molecular flexibility index (Phi) is 5.22. The summed E-state index contributed by atoms with van der Waals surface area (Å²) in [6.07, 6.45) is 2.75. The Bertz CT molecular complexity index is 1110. The summed E-state index contributed by atoms with van der Waals surface area (Å²) < 4.78 is 1.67. The minimum atomic E-state index is -0.244. The Hall–Kier alpha value is -2.60. The molecule has 0 unspecified atom stereocenters. The van der Waals surface area contributed by atoms with Crippen molar-refractivity contribution in [3.05, 3.63) is 63.9 Å². The van der Waals surface area contributed by atoms with Gasteiger partial charge in [-0.15, -0.1) is 0 Å². The van der Waals surface area contributed by atoms with Crippen LogP contribution < -0.4 is 10.9 Å². The lowest BCUT2D eigenvalue weighted by Gasteiger charge is -2.18. The van der Waals surface area contributed by atoms with Crippen LogP contribution in [-0.2, 0) is 4.79 Å². The molecule has 2 aromatic carbocycles. The molecule has 2 heterocycles. The maximum atomic E-state index is 13.4. The third kappa shape index (κ3) is 3.56. The number of thioether (sulfide) groups is 1. The topological polar surface area (TPSA) is 64.0 Å². The molecule has 1 saturated heterocycles. The van der Waals surface area contributed by atoms with Crippen molar-refractivity contribution in [1.82, 2.24) is 14.9 Å². The average Bonchev–Trinajstić information content (AvgIpc) is 2.89. The van der Waals surface area contributed by atoms with Crippen LogP contribution in [0.4, 0.5) is 0 Å². The molecule has 4 rings (SSSR count). The zero-order valence-corrected chi connectivity index (χ0v) is 16.9. The number of fused-ring (bicyclic) bond motifs is 1. The van der Waals surface area contributed by atoms with Gasteiger partial charge in [-0.3, -0.25) is 14.2 Å². The Morgan fingerprint density at radius 1 is 1.11 bits per heavy atom. The SMILES string of the molecule is Cc1ccc(C)c(-n2c(S[C@H]3CCCCNC3=O)nc3ccccc3c2=O)c1. The Labute approximate surface area is 168 Å². The number of aryl methyl sites for hydroxylation is 2. The molecule has 0 bridgehead atoms. The fourth-order valence-corrected chi connectivity index (χ4v) is 4.68. The van der Waals surface area contributed by atoms with Gasteiger partial charge in [0.25, 0.3) is 5.56 Å². The fraction of sp³-hybridized carbons (Fsp3) is 0.318. The van der Waals surface area contributed by atoms with Gasteiger partial charge < -0.3 is 5.32 Å². The summed E-state index contributed by atoms with van der Waals surface area (Å²) in [5, 5.41) is 3.88. The standard InChI is InChI=1S/C22H23N3O2S/c1-14-10-11-15(2)18(13-14)25-21(27)16-7-3-4-8-17(16)24-22(25)28-19-9-5-6-12-23-20(19)26/h3-4,7-8,10-11,13,19H,5-6,9,12H2,1-2H3,(H,23,26)/t19-/m0/s1. The number of para-hydroxylation sites is 1. The van der Waals surface area contributed by atoms with Crippen molar-refractivity contribution < 1.29 is 4.79 Å². The normalized spacial score (nSPS) is 17.4. The monoisotopic (exact) mass is 393 g/mol. The highest BCUT2D eigenvalue weighted by Gasteiger charge is 2.25. The fourth-order valence-electron chi connectivity index (χ4n) is 3.52. The molecule has 0 saturated carbocycles. The number of nitrogens with one attached hydrogen (secondary N) is 1. The number of carbonyl (C=O) groups excluding carboxylic acids is 1. The van der Waals surface area contributed by atoms with Crippen LogP contribution in [0.2, 0.25) is 0 Å². The van der Waals surface area contributed by atoms with Gasteiger partial charge in [0.05, 0.1) is 21.8 Å². The first-order valence-corrected chi connectivity index (χ1v) is 10.5. The van der Waals surface area contributed by atoms with Crippen molar-refractivity contribution in [3.8, 4) is 5.69 Å². The highest BCUT2D eigenvalue weighted by atomic mass is 32.2. The second-order valence-corrected chi connectivity index (χ2v) is 8.41. The van der Waals surface area contributed by atoms with E-state index >= 15 is 0 Å². The lowest BCUT2D eigenvalue weighted by atomic mass is 10.1. The average molecular weight is 394 g/mol. The third-order valence-corrected chi connectivity index (χ3v) is 6.30. The van der Waals surface area contributed by atoms with E-state index in [-0.39, 0.29) is 16.7 Å². The minimum absolute atomic E-state index is 0.0254. The summed E-state index contributed by atoms with van der Waals surface area (Å²) in [6.45, 7) is 4.71. The molecular weight excluding hydrogens is 370 g/mol. The molecule has 28 heavy (non-hydrogen) atoms. The van der Waals surface area contributed by atoms with E-state index in [9.17, 15) is 9.59 Å². The summed E-state index contributed by atoms with van der Waals surface area (Å²) >= 11 is 1.39. The van der Waals surface area contributed by atoms with Crippen molar-refractivity contribution in [3.63, 3.8) is 0 Å². The third-order valence-electron chi connectivity index (χ3n) is 5.08. The number of nitrogens with zero attached hydrogens (tertiary/aromatic N) is 2. The van der Waals surface area contributed by atoms with Crippen LogP contribution in [0.3, 0.4) is 0 Å². The Balaban J connectivity index is 1.92. The summed E-state index contributed by atoms with van der Waals surface area (Å²) in [4.78, 5) is 30.7. The molecule has 6 heteroatoms. The molecule has 1 aliphatic rings. The summed E-state index contributed by atoms with van der Waals surface area (Å²) in [6, 6.07) is 13.4. The van der Waals surface area contributed by atoms with Gasteiger partial charge in [0, 0.05) is 6.54 Å². The van der Waals surface area contributed by atoms with Gasteiger partial charge in [-0.05, 0) is 56.0 Å². The predicted molar refractivity (Wildman–Crippen MR) is 113 cm³/mol. The highest BCUT2D eigenvalue weighted by Crippen LogP contribution is 2.30.